The topological polar surface area (TPSA) is 101 Å². The van der Waals surface area contributed by atoms with Crippen LogP contribution in [0.3, 0.4) is 0 Å². The van der Waals surface area contributed by atoms with E-state index in [2.05, 4.69) is 13.8 Å². The first-order valence-electron chi connectivity index (χ1n) is 12.3. The van der Waals surface area contributed by atoms with Crippen LogP contribution < -0.4 is 0 Å². The molecule has 0 unspecified atom stereocenters. The predicted molar refractivity (Wildman–Crippen MR) is 119 cm³/mol. The van der Waals surface area contributed by atoms with Crippen LogP contribution in [0.1, 0.15) is 85.5 Å². The molecule has 178 valence electrons. The number of carbonyl (C=O) groups is 3. The van der Waals surface area contributed by atoms with Crippen LogP contribution in [0.2, 0.25) is 0 Å². The molecule has 3 fully saturated rings. The van der Waals surface area contributed by atoms with E-state index in [1.165, 1.54) is 0 Å². The second kappa shape index (κ2) is 7.96. The third kappa shape index (κ3) is 3.53. The number of hydrogen-bond acceptors (Lipinski definition) is 5. The summed E-state index contributed by atoms with van der Waals surface area (Å²) in [5, 5.41) is 20.9. The normalized spacial score (nSPS) is 43.2. The summed E-state index contributed by atoms with van der Waals surface area (Å²) in [6.45, 7) is 8.10. The number of allylic oxidation sites excluding steroid dienone is 1. The molecule has 0 heterocycles. The number of aliphatic hydroxyl groups is 1. The van der Waals surface area contributed by atoms with Gasteiger partial charge in [-0.2, -0.15) is 0 Å². The number of carbonyl (C=O) groups excluding carboxylic acids is 2. The van der Waals surface area contributed by atoms with Crippen molar-refractivity contribution in [2.24, 2.45) is 34.5 Å². The zero-order valence-corrected chi connectivity index (χ0v) is 19.9. The maximum Gasteiger partial charge on any atom is 0.309 e. The van der Waals surface area contributed by atoms with Crippen molar-refractivity contribution in [1.82, 2.24) is 0 Å². The summed E-state index contributed by atoms with van der Waals surface area (Å²) in [4.78, 5) is 36.8. The van der Waals surface area contributed by atoms with Crippen LogP contribution in [0.15, 0.2) is 11.6 Å². The Labute approximate surface area is 190 Å². The molecule has 0 spiro atoms. The van der Waals surface area contributed by atoms with E-state index >= 15 is 0 Å². The number of aliphatic carboxylic acids is 1. The Balaban J connectivity index is 1.73. The van der Waals surface area contributed by atoms with E-state index in [1.54, 1.807) is 6.08 Å². The van der Waals surface area contributed by atoms with Crippen LogP contribution in [0.25, 0.3) is 0 Å². The smallest absolute Gasteiger partial charge is 0.309 e. The summed E-state index contributed by atoms with van der Waals surface area (Å²) in [6.07, 6.45) is 6.79. The lowest BCUT2D eigenvalue weighted by Crippen LogP contribution is -2.58. The molecule has 0 radical (unpaired) electrons. The minimum absolute atomic E-state index is 0.0432. The van der Waals surface area contributed by atoms with Crippen LogP contribution in [0.4, 0.5) is 0 Å². The van der Waals surface area contributed by atoms with Gasteiger partial charge in [-0.1, -0.05) is 19.4 Å². The lowest BCUT2D eigenvalue weighted by atomic mass is 9.44. The van der Waals surface area contributed by atoms with E-state index in [-0.39, 0.29) is 59.8 Å². The summed E-state index contributed by atoms with van der Waals surface area (Å²) < 4.78 is 5.70. The molecule has 7 atom stereocenters. The number of rotatable bonds is 5. The maximum atomic E-state index is 13.3. The molecule has 0 aromatic carbocycles. The van der Waals surface area contributed by atoms with Crippen molar-refractivity contribution in [2.45, 2.75) is 97.2 Å². The molecule has 0 amide bonds. The second-order valence-electron chi connectivity index (χ2n) is 11.6. The fraction of sp³-hybridized carbons (Fsp3) is 0.808. The first-order valence-corrected chi connectivity index (χ1v) is 12.3. The van der Waals surface area contributed by atoms with Gasteiger partial charge in [0.25, 0.3) is 0 Å². The van der Waals surface area contributed by atoms with Gasteiger partial charge in [-0.25, -0.2) is 0 Å². The molecular weight excluding hydrogens is 408 g/mol. The summed E-state index contributed by atoms with van der Waals surface area (Å²) >= 11 is 0. The maximum absolute atomic E-state index is 13.3. The van der Waals surface area contributed by atoms with Gasteiger partial charge in [0.1, 0.15) is 0 Å². The van der Waals surface area contributed by atoms with Gasteiger partial charge in [0, 0.05) is 12.8 Å². The monoisotopic (exact) mass is 446 g/mol. The molecule has 4 rings (SSSR count). The first kappa shape index (κ1) is 23.5. The van der Waals surface area contributed by atoms with Gasteiger partial charge in [-0.15, -0.1) is 0 Å². The van der Waals surface area contributed by atoms with Crippen molar-refractivity contribution in [3.8, 4) is 0 Å². The second-order valence-corrected chi connectivity index (χ2v) is 11.6. The third-order valence-corrected chi connectivity index (χ3v) is 9.74. The Morgan fingerprint density at radius 3 is 2.50 bits per heavy atom. The molecule has 0 aromatic heterocycles. The van der Waals surface area contributed by atoms with E-state index in [0.717, 1.165) is 31.3 Å². The molecule has 2 N–H and O–H groups in total. The molecule has 4 aliphatic rings. The minimum atomic E-state index is -1.02. The molecule has 6 heteroatoms. The number of ether oxygens (including phenoxy) is 1. The molecule has 0 saturated heterocycles. The highest BCUT2D eigenvalue weighted by Gasteiger charge is 2.66. The van der Waals surface area contributed by atoms with Gasteiger partial charge < -0.3 is 14.9 Å². The average molecular weight is 447 g/mol. The zero-order valence-electron chi connectivity index (χ0n) is 19.9. The predicted octanol–water partition coefficient (Wildman–Crippen LogP) is 4.29. The molecule has 0 bridgehead atoms. The van der Waals surface area contributed by atoms with E-state index in [1.807, 2.05) is 13.8 Å². The van der Waals surface area contributed by atoms with E-state index in [0.29, 0.717) is 19.3 Å². The molecule has 0 aliphatic heterocycles. The summed E-state index contributed by atoms with van der Waals surface area (Å²) in [5.74, 6) is -0.767. The van der Waals surface area contributed by atoms with Gasteiger partial charge in [-0.05, 0) is 93.5 Å². The van der Waals surface area contributed by atoms with Crippen LogP contribution in [0, 0.1) is 34.5 Å². The van der Waals surface area contributed by atoms with Crippen molar-refractivity contribution < 1.29 is 29.3 Å². The lowest BCUT2D eigenvalue weighted by molar-refractivity contribution is -0.173. The van der Waals surface area contributed by atoms with Crippen molar-refractivity contribution in [3.05, 3.63) is 11.6 Å². The number of carboxylic acids is 1. The van der Waals surface area contributed by atoms with E-state index in [9.17, 15) is 24.6 Å². The molecule has 3 saturated carbocycles. The summed E-state index contributed by atoms with van der Waals surface area (Å²) in [6, 6.07) is 0. The minimum Gasteiger partial charge on any atom is -0.481 e. The van der Waals surface area contributed by atoms with Gasteiger partial charge in [-0.3, -0.25) is 14.4 Å². The Morgan fingerprint density at radius 1 is 1.16 bits per heavy atom. The van der Waals surface area contributed by atoms with Gasteiger partial charge in [0.15, 0.2) is 5.78 Å². The number of carboxylic acid groups (broad SMARTS) is 1. The average Bonchev–Trinajstić information content (AvgIpc) is 2.97. The van der Waals surface area contributed by atoms with E-state index in [4.69, 9.17) is 4.74 Å². The number of hydrogen-bond donors (Lipinski definition) is 2. The Kier molecular flexibility index (Phi) is 5.84. The van der Waals surface area contributed by atoms with Gasteiger partial charge in [0.2, 0.25) is 0 Å². The molecule has 4 aliphatic carbocycles. The third-order valence-electron chi connectivity index (χ3n) is 9.74. The molecule has 32 heavy (non-hydrogen) atoms. The highest BCUT2D eigenvalue weighted by atomic mass is 16.5. The molecular formula is C26H38O6. The van der Waals surface area contributed by atoms with Crippen molar-refractivity contribution in [3.63, 3.8) is 0 Å². The highest BCUT2D eigenvalue weighted by molar-refractivity contribution is 5.92. The Hall–Kier alpha value is -1.69. The fourth-order valence-electron chi connectivity index (χ4n) is 7.96. The fourth-order valence-corrected chi connectivity index (χ4v) is 7.96. The quantitative estimate of drug-likeness (QED) is 0.611. The van der Waals surface area contributed by atoms with Crippen molar-refractivity contribution in [2.75, 3.05) is 0 Å². The molecule has 6 nitrogen and oxygen atoms in total. The van der Waals surface area contributed by atoms with Gasteiger partial charge in [0.05, 0.1) is 17.6 Å². The highest BCUT2D eigenvalue weighted by Crippen LogP contribution is 2.69. The van der Waals surface area contributed by atoms with Crippen LogP contribution >= 0.6 is 0 Å². The van der Waals surface area contributed by atoms with Crippen LogP contribution in [0.5, 0.6) is 0 Å². The van der Waals surface area contributed by atoms with Gasteiger partial charge >= 0.3 is 11.9 Å². The van der Waals surface area contributed by atoms with E-state index < -0.39 is 17.0 Å². The standard InChI is InChI=1S/C26H38O6/c1-15(2)32-23(30)18-14-16-13-17(27)5-9-24(16,3)19-6-10-25(4)20(22(18)19)7-11-26(25,31)12-8-21(28)29/h13,15,18-20,22,31H,5-12,14H2,1-4H3,(H,28,29)/t18-,19-,20-,22+,24-,25-,26+/m0/s1. The lowest BCUT2D eigenvalue weighted by Gasteiger charge is -2.60. The summed E-state index contributed by atoms with van der Waals surface area (Å²) in [7, 11) is 0. The zero-order chi connectivity index (χ0) is 23.5. The largest absolute Gasteiger partial charge is 0.481 e. The Bertz CT molecular complexity index is 845. The summed E-state index contributed by atoms with van der Waals surface area (Å²) in [5.41, 5.74) is -0.436. The molecule has 0 aromatic rings. The van der Waals surface area contributed by atoms with Crippen molar-refractivity contribution >= 4 is 17.7 Å². The SMILES string of the molecule is CC(C)OC(=O)[C@H]1CC2=CC(=O)CC[C@]2(C)[C@H]2CC[C@@]3(C)[C@@H](CC[C@@]3(O)CCC(=O)O)[C@H]12. The van der Waals surface area contributed by atoms with Crippen LogP contribution in [-0.4, -0.2) is 39.6 Å². The van der Waals surface area contributed by atoms with Crippen LogP contribution in [-0.2, 0) is 19.1 Å². The van der Waals surface area contributed by atoms with Crippen molar-refractivity contribution in [1.29, 1.82) is 0 Å². The number of fused-ring (bicyclic) bond motifs is 5. The number of ketones is 1. The Morgan fingerprint density at radius 2 is 1.84 bits per heavy atom. The first-order chi connectivity index (χ1) is 14.9. The number of esters is 1.